The van der Waals surface area contributed by atoms with Gasteiger partial charge in [0.2, 0.25) is 11.8 Å². The standard InChI is InChI=1S/C17H25N5O2/c1-5-7-22(8-6-2)17-19-14(10-15(23)20-17)11-18-21-16-9-12(3)13(4)24-16/h9-11,21H,5-8H2,1-4H3,(H,19,20,23)/b18-11+. The first-order chi connectivity index (χ1) is 11.5. The van der Waals surface area contributed by atoms with Crippen LogP contribution in [0.4, 0.5) is 11.8 Å². The van der Waals surface area contributed by atoms with Crippen LogP contribution in [0.3, 0.4) is 0 Å². The number of aromatic amines is 1. The molecule has 0 fully saturated rings. The van der Waals surface area contributed by atoms with Crippen molar-refractivity contribution in [3.8, 4) is 0 Å². The van der Waals surface area contributed by atoms with Gasteiger partial charge >= 0.3 is 0 Å². The summed E-state index contributed by atoms with van der Waals surface area (Å²) >= 11 is 0. The molecule has 0 bridgehead atoms. The van der Waals surface area contributed by atoms with Gasteiger partial charge in [0.1, 0.15) is 5.76 Å². The van der Waals surface area contributed by atoms with E-state index in [0.29, 0.717) is 17.5 Å². The fraction of sp³-hybridized carbons (Fsp3) is 0.471. The van der Waals surface area contributed by atoms with Gasteiger partial charge in [-0.3, -0.25) is 9.78 Å². The second-order valence-electron chi connectivity index (χ2n) is 5.70. The molecule has 2 aromatic heterocycles. The molecule has 24 heavy (non-hydrogen) atoms. The zero-order valence-electron chi connectivity index (χ0n) is 14.7. The van der Waals surface area contributed by atoms with E-state index in [1.54, 1.807) is 0 Å². The molecule has 7 nitrogen and oxygen atoms in total. The van der Waals surface area contributed by atoms with Crippen molar-refractivity contribution < 1.29 is 4.42 Å². The summed E-state index contributed by atoms with van der Waals surface area (Å²) in [6, 6.07) is 3.29. The summed E-state index contributed by atoms with van der Waals surface area (Å²) in [5.41, 5.74) is 4.17. The maximum Gasteiger partial charge on any atom is 0.252 e. The van der Waals surface area contributed by atoms with Crippen LogP contribution in [0.5, 0.6) is 0 Å². The Morgan fingerprint density at radius 3 is 2.58 bits per heavy atom. The number of nitrogens with zero attached hydrogens (tertiary/aromatic N) is 3. The lowest BCUT2D eigenvalue weighted by Crippen LogP contribution is -2.29. The van der Waals surface area contributed by atoms with E-state index in [4.69, 9.17) is 4.42 Å². The van der Waals surface area contributed by atoms with E-state index in [1.165, 1.54) is 12.3 Å². The lowest BCUT2D eigenvalue weighted by molar-refractivity contribution is 0.545. The Morgan fingerprint density at radius 2 is 2.00 bits per heavy atom. The van der Waals surface area contributed by atoms with Gasteiger partial charge in [-0.05, 0) is 32.3 Å². The first-order valence-corrected chi connectivity index (χ1v) is 8.26. The monoisotopic (exact) mass is 331 g/mol. The summed E-state index contributed by atoms with van der Waals surface area (Å²) in [6.45, 7) is 9.76. The highest BCUT2D eigenvalue weighted by Crippen LogP contribution is 2.17. The fourth-order valence-corrected chi connectivity index (χ4v) is 2.33. The van der Waals surface area contributed by atoms with E-state index in [9.17, 15) is 4.79 Å². The van der Waals surface area contributed by atoms with Crippen LogP contribution in [-0.2, 0) is 0 Å². The quantitative estimate of drug-likeness (QED) is 0.573. The average Bonchev–Trinajstić information content (AvgIpc) is 2.85. The minimum Gasteiger partial charge on any atom is -0.444 e. The minimum atomic E-state index is -0.191. The predicted octanol–water partition coefficient (Wildman–Crippen LogP) is 3.05. The molecule has 0 atom stereocenters. The number of aromatic nitrogens is 2. The van der Waals surface area contributed by atoms with Crippen LogP contribution in [-0.4, -0.2) is 29.3 Å². The molecule has 0 radical (unpaired) electrons. The molecule has 2 heterocycles. The van der Waals surface area contributed by atoms with Crippen molar-refractivity contribution in [1.29, 1.82) is 0 Å². The Kier molecular flexibility index (Phi) is 6.17. The van der Waals surface area contributed by atoms with Crippen LogP contribution >= 0.6 is 0 Å². The molecule has 0 aromatic carbocycles. The van der Waals surface area contributed by atoms with E-state index in [0.717, 1.165) is 37.3 Å². The molecule has 0 saturated carbocycles. The number of aryl methyl sites for hydroxylation is 2. The van der Waals surface area contributed by atoms with Crippen molar-refractivity contribution in [2.75, 3.05) is 23.4 Å². The summed E-state index contributed by atoms with van der Waals surface area (Å²) in [7, 11) is 0. The Morgan fingerprint density at radius 1 is 1.29 bits per heavy atom. The number of hydrazone groups is 1. The van der Waals surface area contributed by atoms with Crippen molar-refractivity contribution in [3.63, 3.8) is 0 Å². The highest BCUT2D eigenvalue weighted by molar-refractivity contribution is 5.77. The second-order valence-corrected chi connectivity index (χ2v) is 5.70. The van der Waals surface area contributed by atoms with Crippen LogP contribution < -0.4 is 15.9 Å². The number of hydrogen-bond acceptors (Lipinski definition) is 6. The molecular formula is C17H25N5O2. The van der Waals surface area contributed by atoms with Crippen LogP contribution in [0.1, 0.15) is 43.7 Å². The molecule has 2 rings (SSSR count). The van der Waals surface area contributed by atoms with Gasteiger partial charge in [0.25, 0.3) is 5.56 Å². The van der Waals surface area contributed by atoms with Gasteiger partial charge < -0.3 is 9.32 Å². The molecular weight excluding hydrogens is 306 g/mol. The van der Waals surface area contributed by atoms with Crippen molar-refractivity contribution in [1.82, 2.24) is 9.97 Å². The zero-order chi connectivity index (χ0) is 17.5. The Labute approximate surface area is 141 Å². The summed E-state index contributed by atoms with van der Waals surface area (Å²) in [4.78, 5) is 21.2. The third kappa shape index (κ3) is 4.71. The van der Waals surface area contributed by atoms with Crippen LogP contribution in [0, 0.1) is 13.8 Å². The third-order valence-corrected chi connectivity index (χ3v) is 3.57. The van der Waals surface area contributed by atoms with Gasteiger partial charge in [-0.1, -0.05) is 13.8 Å². The van der Waals surface area contributed by atoms with Crippen molar-refractivity contribution in [2.24, 2.45) is 5.10 Å². The number of furan rings is 1. The van der Waals surface area contributed by atoms with Gasteiger partial charge in [0, 0.05) is 25.2 Å². The number of nitrogens with one attached hydrogen (secondary N) is 2. The number of hydrogen-bond donors (Lipinski definition) is 2. The molecule has 2 N–H and O–H groups in total. The molecule has 0 aliphatic heterocycles. The predicted molar refractivity (Wildman–Crippen MR) is 97.1 cm³/mol. The fourth-order valence-electron chi connectivity index (χ4n) is 2.33. The van der Waals surface area contributed by atoms with Gasteiger partial charge in [-0.25, -0.2) is 10.4 Å². The molecule has 0 amide bonds. The first-order valence-electron chi connectivity index (χ1n) is 8.26. The lowest BCUT2D eigenvalue weighted by atomic mass is 10.3. The van der Waals surface area contributed by atoms with Crippen molar-refractivity contribution >= 4 is 18.0 Å². The highest BCUT2D eigenvalue weighted by Gasteiger charge is 2.08. The average molecular weight is 331 g/mol. The third-order valence-electron chi connectivity index (χ3n) is 3.57. The number of H-pyrrole nitrogens is 1. The van der Waals surface area contributed by atoms with Crippen LogP contribution in [0.25, 0.3) is 0 Å². The topological polar surface area (TPSA) is 86.5 Å². The Balaban J connectivity index is 2.14. The van der Waals surface area contributed by atoms with Crippen molar-refractivity contribution in [2.45, 2.75) is 40.5 Å². The second kappa shape index (κ2) is 8.33. The molecule has 0 aliphatic rings. The summed E-state index contributed by atoms with van der Waals surface area (Å²) in [6.07, 6.45) is 3.49. The maximum absolute atomic E-state index is 11.9. The normalized spacial score (nSPS) is 11.2. The van der Waals surface area contributed by atoms with Gasteiger partial charge in [-0.2, -0.15) is 5.10 Å². The molecule has 0 saturated heterocycles. The maximum atomic E-state index is 11.9. The summed E-state index contributed by atoms with van der Waals surface area (Å²) in [5.74, 6) is 1.99. The molecule has 0 spiro atoms. The highest BCUT2D eigenvalue weighted by atomic mass is 16.4. The molecule has 2 aromatic rings. The molecule has 7 heteroatoms. The zero-order valence-corrected chi connectivity index (χ0v) is 14.7. The van der Waals surface area contributed by atoms with E-state index >= 15 is 0 Å². The lowest BCUT2D eigenvalue weighted by Gasteiger charge is -2.21. The number of anilines is 2. The smallest absolute Gasteiger partial charge is 0.252 e. The van der Waals surface area contributed by atoms with Gasteiger partial charge in [0.15, 0.2) is 0 Å². The Bertz CT molecular complexity index is 722. The molecule has 0 unspecified atom stereocenters. The van der Waals surface area contributed by atoms with Crippen molar-refractivity contribution in [3.05, 3.63) is 39.5 Å². The minimum absolute atomic E-state index is 0.191. The van der Waals surface area contributed by atoms with Gasteiger partial charge in [0.05, 0.1) is 11.9 Å². The SMILES string of the molecule is CCCN(CCC)c1nc(/C=N/Nc2cc(C)c(C)o2)cc(=O)[nH]1. The van der Waals surface area contributed by atoms with E-state index in [-0.39, 0.29) is 5.56 Å². The summed E-state index contributed by atoms with van der Waals surface area (Å²) < 4.78 is 5.48. The summed E-state index contributed by atoms with van der Waals surface area (Å²) in [5, 5.41) is 4.10. The van der Waals surface area contributed by atoms with Crippen LogP contribution in [0.2, 0.25) is 0 Å². The Hall–Kier alpha value is -2.57. The largest absolute Gasteiger partial charge is 0.444 e. The molecule has 0 aliphatic carbocycles. The van der Waals surface area contributed by atoms with E-state index < -0.39 is 0 Å². The van der Waals surface area contributed by atoms with Crippen LogP contribution in [0.15, 0.2) is 26.4 Å². The number of rotatable bonds is 8. The first kappa shape index (κ1) is 17.8. The molecule has 130 valence electrons. The van der Waals surface area contributed by atoms with E-state index in [2.05, 4.69) is 39.2 Å². The van der Waals surface area contributed by atoms with Gasteiger partial charge in [-0.15, -0.1) is 0 Å². The van der Waals surface area contributed by atoms with E-state index in [1.807, 2.05) is 19.9 Å².